The van der Waals surface area contributed by atoms with Crippen LogP contribution in [-0.4, -0.2) is 61.8 Å². The number of carboxylic acids is 1. The Kier molecular flexibility index (Phi) is 6.55. The van der Waals surface area contributed by atoms with Gasteiger partial charge in [-0.25, -0.2) is 9.78 Å². The van der Waals surface area contributed by atoms with Crippen molar-refractivity contribution in [2.75, 3.05) is 31.1 Å². The minimum absolute atomic E-state index is 0.113. The molecule has 3 aromatic rings. The molecule has 1 aliphatic heterocycles. The molecule has 1 aromatic carbocycles. The molecule has 1 fully saturated rings. The number of hydrogen-bond acceptors (Lipinski definition) is 6. The molecule has 9 nitrogen and oxygen atoms in total. The van der Waals surface area contributed by atoms with Crippen molar-refractivity contribution >= 4 is 40.3 Å². The van der Waals surface area contributed by atoms with Crippen molar-refractivity contribution in [3.8, 4) is 0 Å². The van der Waals surface area contributed by atoms with E-state index < -0.39 is 11.4 Å². The fraction of sp³-hybridized carbons (Fsp3) is 0.348. The third-order valence-electron chi connectivity index (χ3n) is 5.86. The minimum atomic E-state index is -1.25. The zero-order chi connectivity index (χ0) is 23.5. The second kappa shape index (κ2) is 9.53. The average Bonchev–Trinajstić information content (AvgIpc) is 2.84. The second-order valence-corrected chi connectivity index (χ2v) is 8.31. The molecule has 4 rings (SSSR count). The summed E-state index contributed by atoms with van der Waals surface area (Å²) in [5, 5.41) is 13.6. The highest BCUT2D eigenvalue weighted by Crippen LogP contribution is 2.17. The molecule has 0 spiro atoms. The molecule has 33 heavy (non-hydrogen) atoms. The van der Waals surface area contributed by atoms with E-state index in [1.165, 1.54) is 18.0 Å². The van der Waals surface area contributed by atoms with Crippen LogP contribution in [0.1, 0.15) is 35.8 Å². The average molecular weight is 467 g/mol. The van der Waals surface area contributed by atoms with Crippen molar-refractivity contribution in [2.24, 2.45) is 0 Å². The lowest BCUT2D eigenvalue weighted by atomic mass is 10.1. The first-order valence-electron chi connectivity index (χ1n) is 10.9. The van der Waals surface area contributed by atoms with E-state index in [9.17, 15) is 14.7 Å². The number of pyridine rings is 1. The van der Waals surface area contributed by atoms with E-state index in [-0.39, 0.29) is 17.0 Å². The van der Waals surface area contributed by atoms with E-state index in [1.54, 1.807) is 4.57 Å². The number of anilines is 1. The molecular weight excluding hydrogens is 440 g/mol. The SMILES string of the molecule is CCn1cc(C(=O)O)c(=O)c2cnc(N3CCN(C(=S)NC(C)c4ccccc4)CC3)nc21. The van der Waals surface area contributed by atoms with Crippen LogP contribution in [0, 0.1) is 0 Å². The smallest absolute Gasteiger partial charge is 0.341 e. The van der Waals surface area contributed by atoms with Gasteiger partial charge < -0.3 is 24.8 Å². The van der Waals surface area contributed by atoms with E-state index in [0.29, 0.717) is 49.4 Å². The molecule has 1 saturated heterocycles. The van der Waals surface area contributed by atoms with Gasteiger partial charge in [-0.2, -0.15) is 4.98 Å². The number of rotatable bonds is 5. The summed E-state index contributed by atoms with van der Waals surface area (Å²) in [5.41, 5.74) is 0.771. The molecule has 1 unspecified atom stereocenters. The molecule has 3 heterocycles. The highest BCUT2D eigenvalue weighted by Gasteiger charge is 2.23. The summed E-state index contributed by atoms with van der Waals surface area (Å²) in [5.74, 6) is -0.737. The topological polar surface area (TPSA) is 104 Å². The molecule has 1 atom stereocenters. The lowest BCUT2D eigenvalue weighted by Gasteiger charge is -2.37. The number of hydrogen-bond donors (Lipinski definition) is 2. The third-order valence-corrected chi connectivity index (χ3v) is 6.24. The van der Waals surface area contributed by atoms with E-state index in [0.717, 1.165) is 0 Å². The van der Waals surface area contributed by atoms with Gasteiger partial charge in [-0.1, -0.05) is 30.3 Å². The Morgan fingerprint density at radius 2 is 1.91 bits per heavy atom. The summed E-state index contributed by atoms with van der Waals surface area (Å²) in [6.45, 7) is 7.24. The number of nitrogens with one attached hydrogen (secondary N) is 1. The first kappa shape index (κ1) is 22.7. The van der Waals surface area contributed by atoms with Crippen molar-refractivity contribution in [2.45, 2.75) is 26.4 Å². The van der Waals surface area contributed by atoms with Gasteiger partial charge in [0.25, 0.3) is 0 Å². The number of aromatic carboxylic acids is 1. The number of aryl methyl sites for hydroxylation is 1. The minimum Gasteiger partial charge on any atom is -0.477 e. The molecule has 1 aliphatic rings. The van der Waals surface area contributed by atoms with Gasteiger partial charge in [-0.15, -0.1) is 0 Å². The van der Waals surface area contributed by atoms with Gasteiger partial charge >= 0.3 is 5.97 Å². The summed E-state index contributed by atoms with van der Waals surface area (Å²) in [6, 6.07) is 10.3. The Bertz CT molecular complexity index is 1240. The summed E-state index contributed by atoms with van der Waals surface area (Å²) in [4.78, 5) is 37.1. The lowest BCUT2D eigenvalue weighted by molar-refractivity contribution is 0.0695. The first-order valence-corrected chi connectivity index (χ1v) is 11.3. The van der Waals surface area contributed by atoms with Crippen LogP contribution in [0.25, 0.3) is 11.0 Å². The summed E-state index contributed by atoms with van der Waals surface area (Å²) < 4.78 is 1.67. The maximum absolute atomic E-state index is 12.5. The molecule has 0 radical (unpaired) electrons. The van der Waals surface area contributed by atoms with Gasteiger partial charge in [0.1, 0.15) is 11.2 Å². The summed E-state index contributed by atoms with van der Waals surface area (Å²) in [6.07, 6.45) is 2.78. The number of carbonyl (C=O) groups is 1. The van der Waals surface area contributed by atoms with Gasteiger partial charge in [0.15, 0.2) is 5.11 Å². The number of benzene rings is 1. The van der Waals surface area contributed by atoms with Crippen LogP contribution in [0.2, 0.25) is 0 Å². The van der Waals surface area contributed by atoms with Crippen LogP contribution in [0.15, 0.2) is 47.5 Å². The quantitative estimate of drug-likeness (QED) is 0.548. The molecule has 10 heteroatoms. The fourth-order valence-corrected chi connectivity index (χ4v) is 4.28. The molecule has 2 N–H and O–H groups in total. The van der Waals surface area contributed by atoms with Crippen molar-refractivity contribution in [1.82, 2.24) is 24.8 Å². The van der Waals surface area contributed by atoms with Crippen LogP contribution in [0.4, 0.5) is 5.95 Å². The van der Waals surface area contributed by atoms with Gasteiger partial charge in [0, 0.05) is 45.1 Å². The Balaban J connectivity index is 1.46. The lowest BCUT2D eigenvalue weighted by Crippen LogP contribution is -2.52. The van der Waals surface area contributed by atoms with Crippen LogP contribution < -0.4 is 15.6 Å². The molecule has 0 amide bonds. The molecule has 0 saturated carbocycles. The Hall–Kier alpha value is -3.53. The first-order chi connectivity index (χ1) is 15.9. The molecular formula is C23H26N6O3S. The van der Waals surface area contributed by atoms with Crippen LogP contribution >= 0.6 is 12.2 Å². The van der Waals surface area contributed by atoms with Crippen LogP contribution in [0.3, 0.4) is 0 Å². The molecule has 172 valence electrons. The third kappa shape index (κ3) is 4.65. The van der Waals surface area contributed by atoms with E-state index >= 15 is 0 Å². The summed E-state index contributed by atoms with van der Waals surface area (Å²) in [7, 11) is 0. The van der Waals surface area contributed by atoms with Crippen molar-refractivity contribution in [1.29, 1.82) is 0 Å². The number of aromatic nitrogens is 3. The molecule has 2 aromatic heterocycles. The Morgan fingerprint density at radius 3 is 2.55 bits per heavy atom. The monoisotopic (exact) mass is 466 g/mol. The standard InChI is InChI=1S/C23H26N6O3S/c1-3-27-14-18(21(31)32)19(30)17-13-24-22(26-20(17)27)28-9-11-29(12-10-28)23(33)25-15(2)16-7-5-4-6-8-16/h4-8,13-15H,3,9-12H2,1-2H3,(H,25,33)(H,31,32). The van der Waals surface area contributed by atoms with Crippen LogP contribution in [-0.2, 0) is 6.54 Å². The number of thiocarbonyl (C=S) groups is 1. The van der Waals surface area contributed by atoms with Crippen molar-refractivity contribution in [3.63, 3.8) is 0 Å². The molecule has 0 aliphatic carbocycles. The maximum atomic E-state index is 12.5. The number of fused-ring (bicyclic) bond motifs is 1. The fourth-order valence-electron chi connectivity index (χ4n) is 3.92. The number of carboxylic acid groups (broad SMARTS) is 1. The number of nitrogens with zero attached hydrogens (tertiary/aromatic N) is 5. The van der Waals surface area contributed by atoms with Gasteiger partial charge in [-0.3, -0.25) is 4.79 Å². The normalized spacial score (nSPS) is 14.8. The zero-order valence-corrected chi connectivity index (χ0v) is 19.4. The highest BCUT2D eigenvalue weighted by atomic mass is 32.1. The van der Waals surface area contributed by atoms with E-state index in [1.807, 2.05) is 25.1 Å². The van der Waals surface area contributed by atoms with E-state index in [4.69, 9.17) is 12.2 Å². The van der Waals surface area contributed by atoms with Crippen molar-refractivity contribution in [3.05, 3.63) is 64.1 Å². The zero-order valence-electron chi connectivity index (χ0n) is 18.6. The predicted molar refractivity (Wildman–Crippen MR) is 131 cm³/mol. The summed E-state index contributed by atoms with van der Waals surface area (Å²) >= 11 is 5.63. The Labute approximate surface area is 196 Å². The van der Waals surface area contributed by atoms with Crippen molar-refractivity contribution < 1.29 is 9.90 Å². The maximum Gasteiger partial charge on any atom is 0.341 e. The Morgan fingerprint density at radius 1 is 1.21 bits per heavy atom. The second-order valence-electron chi connectivity index (χ2n) is 7.93. The van der Waals surface area contributed by atoms with Gasteiger partial charge in [-0.05, 0) is 31.6 Å². The predicted octanol–water partition coefficient (Wildman–Crippen LogP) is 2.27. The largest absolute Gasteiger partial charge is 0.477 e. The highest BCUT2D eigenvalue weighted by molar-refractivity contribution is 7.80. The van der Waals surface area contributed by atoms with Crippen LogP contribution in [0.5, 0.6) is 0 Å². The van der Waals surface area contributed by atoms with Gasteiger partial charge in [0.05, 0.1) is 11.4 Å². The van der Waals surface area contributed by atoms with Gasteiger partial charge in [0.2, 0.25) is 11.4 Å². The van der Waals surface area contributed by atoms with E-state index in [2.05, 4.69) is 44.1 Å². The molecule has 0 bridgehead atoms. The number of piperazine rings is 1.